The monoisotopic (exact) mass is 670 g/mol. The van der Waals surface area contributed by atoms with Crippen molar-refractivity contribution in [3.05, 3.63) is 0 Å². The van der Waals surface area contributed by atoms with Gasteiger partial charge in [-0.1, -0.05) is 104 Å². The summed E-state index contributed by atoms with van der Waals surface area (Å²) in [5.41, 5.74) is 0. The van der Waals surface area contributed by atoms with Gasteiger partial charge in [0.25, 0.3) is 11.8 Å². The molecule has 8 heteroatoms. The van der Waals surface area contributed by atoms with E-state index in [0.29, 0.717) is 22.1 Å². The smallest absolute Gasteiger partial charge is 0.275 e. The zero-order valence-electron chi connectivity index (χ0n) is 26.0. The van der Waals surface area contributed by atoms with Gasteiger partial charge in [0.15, 0.2) is 13.1 Å². The Kier molecular flexibility index (Phi) is 30.1. The number of quaternary nitrogens is 2. The molecule has 0 heterocycles. The van der Waals surface area contributed by atoms with E-state index in [1.54, 1.807) is 0 Å². The summed E-state index contributed by atoms with van der Waals surface area (Å²) in [6.45, 7) is 8.78. The Morgan fingerprint density at radius 3 is 1.03 bits per heavy atom. The van der Waals surface area contributed by atoms with Gasteiger partial charge in [-0.15, -0.1) is 0 Å². The molecule has 0 aromatic heterocycles. The molecule has 0 radical (unpaired) electrons. The second-order valence-corrected chi connectivity index (χ2v) is 12.3. The maximum absolute atomic E-state index is 12.4. The number of carbonyl (C=O) groups is 2. The quantitative estimate of drug-likeness (QED) is 0.103. The third-order valence-electron chi connectivity index (χ3n) is 7.16. The highest BCUT2D eigenvalue weighted by Gasteiger charge is 2.27. The Hall–Kier alpha value is -0.180. The molecule has 0 rings (SSSR count). The first-order valence-electron chi connectivity index (χ1n) is 15.3. The van der Waals surface area contributed by atoms with Crippen LogP contribution in [0.4, 0.5) is 0 Å². The number of carbonyl (C=O) groups excluding carboxylic acids is 2. The molecule has 0 aromatic rings. The highest BCUT2D eigenvalue weighted by Crippen LogP contribution is 2.09. The third-order valence-corrected chi connectivity index (χ3v) is 7.16. The van der Waals surface area contributed by atoms with Crippen molar-refractivity contribution in [2.45, 2.75) is 117 Å². The zero-order valence-corrected chi connectivity index (χ0v) is 29.2. The predicted molar refractivity (Wildman–Crippen MR) is 155 cm³/mol. The summed E-state index contributed by atoms with van der Waals surface area (Å²) in [7, 11) is 8.44. The molecule has 0 saturated heterocycles. The second kappa shape index (κ2) is 27.0. The number of hydrogen-bond acceptors (Lipinski definition) is 2. The van der Waals surface area contributed by atoms with E-state index in [0.717, 1.165) is 39.0 Å². The van der Waals surface area contributed by atoms with Gasteiger partial charge >= 0.3 is 0 Å². The first-order chi connectivity index (χ1) is 17.1. The molecule has 0 bridgehead atoms. The van der Waals surface area contributed by atoms with Crippen molar-refractivity contribution in [1.29, 1.82) is 0 Å². The van der Waals surface area contributed by atoms with Gasteiger partial charge in [-0.05, 0) is 12.8 Å². The van der Waals surface area contributed by atoms with Crippen LogP contribution in [0.15, 0.2) is 0 Å². The standard InChI is InChI=1S/C30H62N4O2.2BrH/c1-7-9-11-13-15-17-19-21-23-31-29(35)27-33(3,4)25-26-34(5,6)28-30(36)32-24-22-20-18-16-14-12-10-8-2;;/h7-28H2,1-6H3;2*1H. The van der Waals surface area contributed by atoms with Gasteiger partial charge in [0, 0.05) is 13.1 Å². The van der Waals surface area contributed by atoms with Crippen molar-refractivity contribution >= 4 is 11.8 Å². The van der Waals surface area contributed by atoms with Gasteiger partial charge in [0.05, 0.1) is 28.2 Å². The van der Waals surface area contributed by atoms with Gasteiger partial charge < -0.3 is 53.6 Å². The minimum absolute atomic E-state index is 0. The summed E-state index contributed by atoms with van der Waals surface area (Å²) in [6, 6.07) is 0. The minimum atomic E-state index is 0. The molecule has 0 atom stereocenters. The van der Waals surface area contributed by atoms with Crippen molar-refractivity contribution < 1.29 is 52.5 Å². The maximum atomic E-state index is 12.4. The average Bonchev–Trinajstić information content (AvgIpc) is 2.80. The van der Waals surface area contributed by atoms with Crippen LogP contribution in [-0.4, -0.2) is 88.2 Å². The summed E-state index contributed by atoms with van der Waals surface area (Å²) in [6.07, 6.45) is 20.5. The molecule has 0 aliphatic rings. The molecule has 0 spiro atoms. The zero-order chi connectivity index (χ0) is 27.1. The first-order valence-corrected chi connectivity index (χ1v) is 15.3. The first kappa shape index (κ1) is 42.3. The van der Waals surface area contributed by atoms with E-state index in [1.165, 1.54) is 89.9 Å². The van der Waals surface area contributed by atoms with Crippen LogP contribution in [0.1, 0.15) is 117 Å². The van der Waals surface area contributed by atoms with E-state index < -0.39 is 0 Å². The van der Waals surface area contributed by atoms with Gasteiger partial charge in [0.1, 0.15) is 13.1 Å². The largest absolute Gasteiger partial charge is 1.00 e. The Bertz CT molecular complexity index is 512. The molecule has 0 unspecified atom stereocenters. The lowest BCUT2D eigenvalue weighted by atomic mass is 10.1. The SMILES string of the molecule is CCCCCCCCCCNC(=O)C[N+](C)(C)CC[N+](C)(C)CC(=O)NCCCCCCCCCC.[Br-].[Br-]. The number of amides is 2. The fourth-order valence-electron chi connectivity index (χ4n) is 4.56. The van der Waals surface area contributed by atoms with Crippen LogP contribution in [0.2, 0.25) is 0 Å². The highest BCUT2D eigenvalue weighted by molar-refractivity contribution is 5.77. The molecule has 38 heavy (non-hydrogen) atoms. The van der Waals surface area contributed by atoms with Crippen LogP contribution in [0.25, 0.3) is 0 Å². The number of nitrogens with zero attached hydrogens (tertiary/aromatic N) is 2. The fourth-order valence-corrected chi connectivity index (χ4v) is 4.56. The lowest BCUT2D eigenvalue weighted by Gasteiger charge is -2.34. The number of unbranched alkanes of at least 4 members (excludes halogenated alkanes) is 14. The molecule has 2 amide bonds. The van der Waals surface area contributed by atoms with Crippen LogP contribution < -0.4 is 44.6 Å². The van der Waals surface area contributed by atoms with Gasteiger partial charge in [-0.25, -0.2) is 0 Å². The summed E-state index contributed by atoms with van der Waals surface area (Å²) in [4.78, 5) is 24.9. The van der Waals surface area contributed by atoms with E-state index in [9.17, 15) is 9.59 Å². The molecule has 0 fully saturated rings. The maximum Gasteiger partial charge on any atom is 0.275 e. The van der Waals surface area contributed by atoms with E-state index in [2.05, 4.69) is 52.7 Å². The lowest BCUT2D eigenvalue weighted by molar-refractivity contribution is -0.938. The molecule has 0 aliphatic heterocycles. The number of hydrogen-bond donors (Lipinski definition) is 2. The fraction of sp³-hybridized carbons (Fsp3) is 0.933. The summed E-state index contributed by atoms with van der Waals surface area (Å²) < 4.78 is 1.29. The van der Waals surface area contributed by atoms with E-state index in [4.69, 9.17) is 0 Å². The molecular weight excluding hydrogens is 608 g/mol. The highest BCUT2D eigenvalue weighted by atomic mass is 79.9. The molecule has 0 aromatic carbocycles. The molecule has 0 aliphatic carbocycles. The van der Waals surface area contributed by atoms with Crippen molar-refractivity contribution in [2.75, 3.05) is 67.5 Å². The molecule has 230 valence electrons. The van der Waals surface area contributed by atoms with E-state index in [-0.39, 0.29) is 45.8 Å². The number of halogens is 2. The van der Waals surface area contributed by atoms with Crippen molar-refractivity contribution in [1.82, 2.24) is 10.6 Å². The Morgan fingerprint density at radius 2 is 0.737 bits per heavy atom. The van der Waals surface area contributed by atoms with Gasteiger partial charge in [-0.3, -0.25) is 9.59 Å². The number of likely N-dealkylation sites (N-methyl/N-ethyl adjacent to an activating group) is 2. The van der Waals surface area contributed by atoms with E-state index >= 15 is 0 Å². The molecule has 2 N–H and O–H groups in total. The van der Waals surface area contributed by atoms with Crippen molar-refractivity contribution in [3.8, 4) is 0 Å². The van der Waals surface area contributed by atoms with Crippen LogP contribution in [-0.2, 0) is 9.59 Å². The van der Waals surface area contributed by atoms with Gasteiger partial charge in [-0.2, -0.15) is 0 Å². The van der Waals surface area contributed by atoms with E-state index in [1.807, 2.05) is 0 Å². The predicted octanol–water partition coefficient (Wildman–Crippen LogP) is -0.339. The Morgan fingerprint density at radius 1 is 0.474 bits per heavy atom. The molecule has 0 saturated carbocycles. The number of nitrogens with one attached hydrogen (secondary N) is 2. The van der Waals surface area contributed by atoms with Crippen molar-refractivity contribution in [3.63, 3.8) is 0 Å². The summed E-state index contributed by atoms with van der Waals surface area (Å²) in [5, 5.41) is 6.21. The topological polar surface area (TPSA) is 58.2 Å². The molecule has 6 nitrogen and oxygen atoms in total. The average molecular weight is 673 g/mol. The third kappa shape index (κ3) is 28.8. The summed E-state index contributed by atoms with van der Waals surface area (Å²) in [5.74, 6) is 0.271. The minimum Gasteiger partial charge on any atom is -1.00 e. The Balaban J connectivity index is -0.00000612. The van der Waals surface area contributed by atoms with Crippen molar-refractivity contribution in [2.24, 2.45) is 0 Å². The Labute approximate surface area is 258 Å². The van der Waals surface area contributed by atoms with Crippen LogP contribution >= 0.6 is 0 Å². The number of rotatable bonds is 25. The van der Waals surface area contributed by atoms with Crippen LogP contribution in [0, 0.1) is 0 Å². The second-order valence-electron chi connectivity index (χ2n) is 12.3. The molecular formula is C30H64Br2N4O2. The normalized spacial score (nSPS) is 11.4. The summed E-state index contributed by atoms with van der Waals surface area (Å²) >= 11 is 0. The van der Waals surface area contributed by atoms with Crippen LogP contribution in [0.3, 0.4) is 0 Å². The lowest BCUT2D eigenvalue weighted by Crippen LogP contribution is -3.00. The van der Waals surface area contributed by atoms with Gasteiger partial charge in [0.2, 0.25) is 0 Å². The van der Waals surface area contributed by atoms with Crippen LogP contribution in [0.5, 0.6) is 0 Å².